The van der Waals surface area contributed by atoms with Gasteiger partial charge in [-0.25, -0.2) is 14.0 Å². The van der Waals surface area contributed by atoms with E-state index in [1.165, 1.54) is 0 Å². The van der Waals surface area contributed by atoms with Crippen molar-refractivity contribution < 1.29 is 43.9 Å². The number of halogens is 1. The summed E-state index contributed by atoms with van der Waals surface area (Å²) in [6, 6.07) is 4.26. The molecule has 4 N–H and O–H groups in total. The van der Waals surface area contributed by atoms with Crippen LogP contribution in [0.3, 0.4) is 0 Å². The fraction of sp³-hybridized carbons (Fsp3) is 0.385. The number of carboxylic acids is 1. The molecule has 0 unspecified atom stereocenters. The molecule has 1 heterocycles. The van der Waals surface area contributed by atoms with Crippen LogP contribution in [-0.2, 0) is 14.3 Å². The Morgan fingerprint density at radius 2 is 1.68 bits per heavy atom. The van der Waals surface area contributed by atoms with Crippen LogP contribution in [0.2, 0.25) is 0 Å². The minimum Gasteiger partial charge on any atom is -0.479 e. The predicted octanol–water partition coefficient (Wildman–Crippen LogP) is -1.13. The maximum atomic E-state index is 12.8. The molecule has 22 heavy (non-hydrogen) atoms. The van der Waals surface area contributed by atoms with E-state index in [4.69, 9.17) is 9.84 Å². The molecule has 5 atom stereocenters. The van der Waals surface area contributed by atoms with Gasteiger partial charge in [-0.1, -0.05) is 0 Å². The zero-order valence-electron chi connectivity index (χ0n) is 11.0. The van der Waals surface area contributed by atoms with Crippen molar-refractivity contribution in [3.05, 3.63) is 35.6 Å². The molecule has 0 aliphatic carbocycles. The van der Waals surface area contributed by atoms with Crippen LogP contribution in [0.4, 0.5) is 4.39 Å². The van der Waals surface area contributed by atoms with Gasteiger partial charge in [-0.3, -0.25) is 0 Å². The summed E-state index contributed by atoms with van der Waals surface area (Å²) in [5.74, 6) is -3.17. The Kier molecular flexibility index (Phi) is 4.71. The van der Waals surface area contributed by atoms with E-state index in [1.807, 2.05) is 0 Å². The number of ether oxygens (including phenoxy) is 2. The summed E-state index contributed by atoms with van der Waals surface area (Å²) < 4.78 is 22.2. The minimum atomic E-state index is -1.94. The van der Waals surface area contributed by atoms with Crippen LogP contribution in [-0.4, -0.2) is 63.1 Å². The summed E-state index contributed by atoms with van der Waals surface area (Å²) >= 11 is 0. The third-order valence-corrected chi connectivity index (χ3v) is 3.13. The first-order valence-electron chi connectivity index (χ1n) is 6.20. The Morgan fingerprint density at radius 1 is 1.09 bits per heavy atom. The van der Waals surface area contributed by atoms with Crippen molar-refractivity contribution in [2.45, 2.75) is 30.7 Å². The van der Waals surface area contributed by atoms with E-state index in [1.54, 1.807) is 0 Å². The number of hydrogen-bond acceptors (Lipinski definition) is 7. The Bertz CT molecular complexity index is 560. The van der Waals surface area contributed by atoms with Gasteiger partial charge < -0.3 is 29.9 Å². The quantitative estimate of drug-likeness (QED) is 0.515. The summed E-state index contributed by atoms with van der Waals surface area (Å²) in [6.07, 6.45) is -9.25. The topological polar surface area (TPSA) is 134 Å². The van der Waals surface area contributed by atoms with E-state index < -0.39 is 48.5 Å². The van der Waals surface area contributed by atoms with Crippen LogP contribution in [0.25, 0.3) is 0 Å². The molecule has 8 nitrogen and oxygen atoms in total. The van der Waals surface area contributed by atoms with Gasteiger partial charge >= 0.3 is 11.9 Å². The van der Waals surface area contributed by atoms with E-state index in [9.17, 15) is 29.3 Å². The number of aliphatic hydroxyl groups excluding tert-OH is 3. The molecule has 9 heteroatoms. The Labute approximate surface area is 123 Å². The summed E-state index contributed by atoms with van der Waals surface area (Å²) in [4.78, 5) is 22.6. The third kappa shape index (κ3) is 3.22. The molecule has 1 aliphatic rings. The zero-order chi connectivity index (χ0) is 16.4. The lowest BCUT2D eigenvalue weighted by molar-refractivity contribution is -0.279. The predicted molar refractivity (Wildman–Crippen MR) is 66.1 cm³/mol. The van der Waals surface area contributed by atoms with Gasteiger partial charge in [0.15, 0.2) is 18.5 Å². The summed E-state index contributed by atoms with van der Waals surface area (Å²) in [5.41, 5.74) is -0.0596. The van der Waals surface area contributed by atoms with E-state index in [0.717, 1.165) is 24.3 Å². The standard InChI is InChI=1S/C13H13FO8/c14-6-3-1-5(2-4-6)12(19)22-10-8(16)7(15)9(11(17)18)21-13(10)20/h1-4,7-10,13,15-16,20H,(H,17,18)/t7-,8-,9-,10+,13+/m0/s1. The van der Waals surface area contributed by atoms with Gasteiger partial charge in [-0.2, -0.15) is 0 Å². The Morgan fingerprint density at radius 3 is 2.23 bits per heavy atom. The average Bonchev–Trinajstić information content (AvgIpc) is 2.47. The molecule has 1 aromatic rings. The van der Waals surface area contributed by atoms with Crippen molar-refractivity contribution >= 4 is 11.9 Å². The number of carbonyl (C=O) groups excluding carboxylic acids is 1. The monoisotopic (exact) mass is 316 g/mol. The van der Waals surface area contributed by atoms with Crippen LogP contribution >= 0.6 is 0 Å². The van der Waals surface area contributed by atoms with Crippen molar-refractivity contribution in [1.29, 1.82) is 0 Å². The van der Waals surface area contributed by atoms with Crippen molar-refractivity contribution in [1.82, 2.24) is 0 Å². The largest absolute Gasteiger partial charge is 0.479 e. The van der Waals surface area contributed by atoms with Crippen molar-refractivity contribution in [2.75, 3.05) is 0 Å². The van der Waals surface area contributed by atoms with E-state index in [0.29, 0.717) is 0 Å². The summed E-state index contributed by atoms with van der Waals surface area (Å²) in [7, 11) is 0. The lowest BCUT2D eigenvalue weighted by atomic mass is 9.99. The number of carbonyl (C=O) groups is 2. The van der Waals surface area contributed by atoms with Gasteiger partial charge in [-0.15, -0.1) is 0 Å². The molecule has 0 spiro atoms. The van der Waals surface area contributed by atoms with E-state index in [2.05, 4.69) is 4.74 Å². The maximum Gasteiger partial charge on any atom is 0.338 e. The van der Waals surface area contributed by atoms with Gasteiger partial charge in [0.25, 0.3) is 0 Å². The molecular formula is C13H13FO8. The number of esters is 1. The first-order chi connectivity index (χ1) is 10.3. The highest BCUT2D eigenvalue weighted by molar-refractivity contribution is 5.89. The van der Waals surface area contributed by atoms with Crippen molar-refractivity contribution in [3.63, 3.8) is 0 Å². The highest BCUT2D eigenvalue weighted by Crippen LogP contribution is 2.23. The van der Waals surface area contributed by atoms with Crippen molar-refractivity contribution in [3.8, 4) is 0 Å². The van der Waals surface area contributed by atoms with E-state index >= 15 is 0 Å². The molecule has 120 valence electrons. The normalized spacial score (nSPS) is 31.5. The molecule has 1 fully saturated rings. The number of aliphatic carboxylic acids is 1. The van der Waals surface area contributed by atoms with Crippen LogP contribution in [0.1, 0.15) is 10.4 Å². The molecule has 0 bridgehead atoms. The number of benzene rings is 1. The maximum absolute atomic E-state index is 12.8. The third-order valence-electron chi connectivity index (χ3n) is 3.13. The molecule has 1 aliphatic heterocycles. The molecule has 1 saturated heterocycles. The fourth-order valence-electron chi connectivity index (χ4n) is 1.96. The second-order valence-corrected chi connectivity index (χ2v) is 4.64. The SMILES string of the molecule is O=C(O[C@@H]1[C@@H](O)[C@H](O)[C@@H](C(=O)O)O[C@H]1O)c1ccc(F)cc1. The van der Waals surface area contributed by atoms with Crippen molar-refractivity contribution in [2.24, 2.45) is 0 Å². The highest BCUT2D eigenvalue weighted by Gasteiger charge is 2.49. The van der Waals surface area contributed by atoms with Gasteiger partial charge in [0, 0.05) is 0 Å². The first-order valence-corrected chi connectivity index (χ1v) is 6.20. The van der Waals surface area contributed by atoms with Gasteiger partial charge in [0.2, 0.25) is 0 Å². The Balaban J connectivity index is 2.10. The van der Waals surface area contributed by atoms with Gasteiger partial charge in [0.05, 0.1) is 5.56 Å². The molecule has 2 rings (SSSR count). The molecule has 0 aromatic heterocycles. The van der Waals surface area contributed by atoms with Gasteiger partial charge in [0.1, 0.15) is 18.0 Å². The van der Waals surface area contributed by atoms with Crippen LogP contribution in [0.5, 0.6) is 0 Å². The first kappa shape index (κ1) is 16.3. The number of rotatable bonds is 3. The van der Waals surface area contributed by atoms with Crippen LogP contribution in [0.15, 0.2) is 24.3 Å². The number of aliphatic hydroxyl groups is 3. The average molecular weight is 316 g/mol. The number of carboxylic acid groups (broad SMARTS) is 1. The summed E-state index contributed by atoms with van der Waals surface area (Å²) in [6.45, 7) is 0. The molecule has 1 aromatic carbocycles. The lowest BCUT2D eigenvalue weighted by Gasteiger charge is -2.38. The summed E-state index contributed by atoms with van der Waals surface area (Å²) in [5, 5.41) is 37.8. The van der Waals surface area contributed by atoms with E-state index in [-0.39, 0.29) is 5.56 Å². The Hall–Kier alpha value is -2.07. The molecule has 0 saturated carbocycles. The van der Waals surface area contributed by atoms with Crippen LogP contribution < -0.4 is 0 Å². The second kappa shape index (κ2) is 6.36. The minimum absolute atomic E-state index is 0.0596. The fourth-order valence-corrected chi connectivity index (χ4v) is 1.96. The molecule has 0 amide bonds. The molecular weight excluding hydrogens is 303 g/mol. The second-order valence-electron chi connectivity index (χ2n) is 4.64. The van der Waals surface area contributed by atoms with Crippen LogP contribution in [0, 0.1) is 5.82 Å². The lowest BCUT2D eigenvalue weighted by Crippen LogP contribution is -2.60. The highest BCUT2D eigenvalue weighted by atomic mass is 19.1. The smallest absolute Gasteiger partial charge is 0.338 e. The number of hydrogen-bond donors (Lipinski definition) is 4. The zero-order valence-corrected chi connectivity index (χ0v) is 11.0. The molecule has 0 radical (unpaired) electrons. The van der Waals surface area contributed by atoms with Gasteiger partial charge in [-0.05, 0) is 24.3 Å².